The first kappa shape index (κ1) is 17.8. The Kier molecular flexibility index (Phi) is 4.81. The third kappa shape index (κ3) is 3.74. The molecule has 0 saturated heterocycles. The second-order valence-electron chi connectivity index (χ2n) is 6.72. The van der Waals surface area contributed by atoms with Crippen molar-refractivity contribution in [1.82, 2.24) is 9.38 Å². The van der Waals surface area contributed by atoms with Crippen molar-refractivity contribution in [2.24, 2.45) is 0 Å². The SMILES string of the molecule is COc1ccc(-c2cn3ccccc3n2)cc1NC(=O)Cc1cccc(C)c1. The Labute approximate surface area is 163 Å². The van der Waals surface area contributed by atoms with Crippen LogP contribution in [0.2, 0.25) is 0 Å². The van der Waals surface area contributed by atoms with Crippen LogP contribution in [-0.4, -0.2) is 22.4 Å². The summed E-state index contributed by atoms with van der Waals surface area (Å²) < 4.78 is 7.39. The monoisotopic (exact) mass is 371 g/mol. The molecule has 1 N–H and O–H groups in total. The van der Waals surface area contributed by atoms with Gasteiger partial charge in [0.2, 0.25) is 5.91 Å². The number of anilines is 1. The molecule has 28 heavy (non-hydrogen) atoms. The van der Waals surface area contributed by atoms with Crippen molar-refractivity contribution in [3.8, 4) is 17.0 Å². The van der Waals surface area contributed by atoms with Crippen molar-refractivity contribution < 1.29 is 9.53 Å². The van der Waals surface area contributed by atoms with Crippen LogP contribution < -0.4 is 10.1 Å². The standard InChI is InChI=1S/C23H21N3O2/c1-16-6-5-7-17(12-16)13-23(27)25-19-14-18(9-10-21(19)28-2)20-15-26-11-4-3-8-22(26)24-20/h3-12,14-15H,13H2,1-2H3,(H,25,27). The molecule has 0 saturated carbocycles. The predicted octanol–water partition coefficient (Wildman–Crippen LogP) is 4.50. The van der Waals surface area contributed by atoms with Gasteiger partial charge in [0.05, 0.1) is 24.9 Å². The molecule has 0 spiro atoms. The van der Waals surface area contributed by atoms with Crippen molar-refractivity contribution in [1.29, 1.82) is 0 Å². The lowest BCUT2D eigenvalue weighted by Gasteiger charge is -2.12. The number of ether oxygens (including phenoxy) is 1. The molecule has 0 aliphatic heterocycles. The molecule has 4 rings (SSSR count). The van der Waals surface area contributed by atoms with E-state index in [2.05, 4.69) is 10.3 Å². The Bertz CT molecular complexity index is 1110. The van der Waals surface area contributed by atoms with Crippen LogP contribution in [0.4, 0.5) is 5.69 Å². The van der Waals surface area contributed by atoms with Gasteiger partial charge in [-0.3, -0.25) is 4.79 Å². The number of benzene rings is 2. The first-order chi connectivity index (χ1) is 13.6. The number of carbonyl (C=O) groups is 1. The molecule has 0 atom stereocenters. The van der Waals surface area contributed by atoms with E-state index in [4.69, 9.17) is 4.74 Å². The number of fused-ring (bicyclic) bond motifs is 1. The minimum atomic E-state index is -0.0870. The molecule has 0 aliphatic rings. The second-order valence-corrected chi connectivity index (χ2v) is 6.72. The molecular weight excluding hydrogens is 350 g/mol. The Morgan fingerprint density at radius 1 is 1.11 bits per heavy atom. The number of amides is 1. The molecule has 1 amide bonds. The summed E-state index contributed by atoms with van der Waals surface area (Å²) in [5.74, 6) is 0.529. The zero-order chi connectivity index (χ0) is 19.5. The second kappa shape index (κ2) is 7.56. The van der Waals surface area contributed by atoms with E-state index in [1.165, 1.54) is 0 Å². The quantitative estimate of drug-likeness (QED) is 0.562. The molecule has 0 bridgehead atoms. The van der Waals surface area contributed by atoms with Gasteiger partial charge in [0, 0.05) is 18.0 Å². The van der Waals surface area contributed by atoms with E-state index in [0.29, 0.717) is 17.9 Å². The number of nitrogens with one attached hydrogen (secondary N) is 1. The summed E-state index contributed by atoms with van der Waals surface area (Å²) in [5, 5.41) is 2.97. The molecule has 0 aliphatic carbocycles. The van der Waals surface area contributed by atoms with E-state index in [0.717, 1.165) is 28.0 Å². The highest BCUT2D eigenvalue weighted by Crippen LogP contribution is 2.30. The fraction of sp³-hybridized carbons (Fsp3) is 0.130. The molecule has 5 nitrogen and oxygen atoms in total. The minimum Gasteiger partial charge on any atom is -0.495 e. The van der Waals surface area contributed by atoms with Gasteiger partial charge < -0.3 is 14.5 Å². The van der Waals surface area contributed by atoms with Gasteiger partial charge in [-0.2, -0.15) is 0 Å². The van der Waals surface area contributed by atoms with E-state index in [-0.39, 0.29) is 5.91 Å². The highest BCUT2D eigenvalue weighted by Gasteiger charge is 2.12. The molecule has 0 unspecified atom stereocenters. The molecule has 2 heterocycles. The summed E-state index contributed by atoms with van der Waals surface area (Å²) in [6.07, 6.45) is 4.23. The summed E-state index contributed by atoms with van der Waals surface area (Å²) in [6, 6.07) is 19.5. The molecule has 0 fully saturated rings. The number of rotatable bonds is 5. The van der Waals surface area contributed by atoms with Crippen LogP contribution >= 0.6 is 0 Å². The molecular formula is C23H21N3O2. The number of pyridine rings is 1. The Morgan fingerprint density at radius 3 is 2.79 bits per heavy atom. The molecule has 140 valence electrons. The Balaban J connectivity index is 1.60. The normalized spacial score (nSPS) is 10.8. The van der Waals surface area contributed by atoms with Gasteiger partial charge in [-0.05, 0) is 42.8 Å². The third-order valence-corrected chi connectivity index (χ3v) is 4.58. The van der Waals surface area contributed by atoms with Crippen LogP contribution in [0.1, 0.15) is 11.1 Å². The van der Waals surface area contributed by atoms with Gasteiger partial charge in [-0.15, -0.1) is 0 Å². The molecule has 2 aromatic carbocycles. The number of nitrogens with zero attached hydrogens (tertiary/aromatic N) is 2. The Hall–Kier alpha value is -3.60. The highest BCUT2D eigenvalue weighted by molar-refractivity contribution is 5.94. The minimum absolute atomic E-state index is 0.0870. The lowest BCUT2D eigenvalue weighted by atomic mass is 10.1. The number of aromatic nitrogens is 2. The maximum absolute atomic E-state index is 12.6. The maximum atomic E-state index is 12.6. The fourth-order valence-electron chi connectivity index (χ4n) is 3.24. The van der Waals surface area contributed by atoms with Crippen molar-refractivity contribution in [2.45, 2.75) is 13.3 Å². The first-order valence-electron chi connectivity index (χ1n) is 9.10. The summed E-state index contributed by atoms with van der Waals surface area (Å²) in [7, 11) is 1.59. The topological polar surface area (TPSA) is 55.6 Å². The summed E-state index contributed by atoms with van der Waals surface area (Å²) >= 11 is 0. The van der Waals surface area contributed by atoms with Gasteiger partial charge >= 0.3 is 0 Å². The van der Waals surface area contributed by atoms with Crippen molar-refractivity contribution in [3.63, 3.8) is 0 Å². The highest BCUT2D eigenvalue weighted by atomic mass is 16.5. The summed E-state index contributed by atoms with van der Waals surface area (Å²) in [6.45, 7) is 2.02. The number of aryl methyl sites for hydroxylation is 1. The van der Waals surface area contributed by atoms with E-state index < -0.39 is 0 Å². The van der Waals surface area contributed by atoms with Crippen molar-refractivity contribution in [2.75, 3.05) is 12.4 Å². The van der Waals surface area contributed by atoms with E-state index in [1.807, 2.05) is 84.4 Å². The average Bonchev–Trinajstić information content (AvgIpc) is 3.12. The predicted molar refractivity (Wildman–Crippen MR) is 111 cm³/mol. The zero-order valence-corrected chi connectivity index (χ0v) is 15.8. The van der Waals surface area contributed by atoms with Crippen LogP contribution in [0.25, 0.3) is 16.9 Å². The zero-order valence-electron chi connectivity index (χ0n) is 15.8. The first-order valence-corrected chi connectivity index (χ1v) is 9.10. The number of hydrogen-bond donors (Lipinski definition) is 1. The molecule has 4 aromatic rings. The molecule has 5 heteroatoms. The van der Waals surface area contributed by atoms with Gasteiger partial charge in [0.25, 0.3) is 0 Å². The molecule has 2 aromatic heterocycles. The molecule has 0 radical (unpaired) electrons. The fourth-order valence-corrected chi connectivity index (χ4v) is 3.24. The van der Waals surface area contributed by atoms with Crippen LogP contribution in [-0.2, 0) is 11.2 Å². The summed E-state index contributed by atoms with van der Waals surface area (Å²) in [5.41, 5.74) is 5.37. The van der Waals surface area contributed by atoms with E-state index in [9.17, 15) is 4.79 Å². The Morgan fingerprint density at radius 2 is 2.00 bits per heavy atom. The van der Waals surface area contributed by atoms with Gasteiger partial charge in [0.15, 0.2) is 0 Å². The van der Waals surface area contributed by atoms with Crippen LogP contribution in [0.5, 0.6) is 5.75 Å². The number of hydrogen-bond acceptors (Lipinski definition) is 3. The van der Waals surface area contributed by atoms with Gasteiger partial charge in [-0.1, -0.05) is 35.9 Å². The largest absolute Gasteiger partial charge is 0.495 e. The number of carbonyl (C=O) groups excluding carboxylic acids is 1. The summed E-state index contributed by atoms with van der Waals surface area (Å²) in [4.78, 5) is 17.2. The number of imidazole rings is 1. The maximum Gasteiger partial charge on any atom is 0.228 e. The van der Waals surface area contributed by atoms with Gasteiger partial charge in [0.1, 0.15) is 11.4 Å². The lowest BCUT2D eigenvalue weighted by molar-refractivity contribution is -0.115. The van der Waals surface area contributed by atoms with Crippen LogP contribution in [0, 0.1) is 6.92 Å². The van der Waals surface area contributed by atoms with Crippen molar-refractivity contribution in [3.05, 3.63) is 84.2 Å². The van der Waals surface area contributed by atoms with Crippen LogP contribution in [0.3, 0.4) is 0 Å². The van der Waals surface area contributed by atoms with Crippen molar-refractivity contribution >= 4 is 17.2 Å². The third-order valence-electron chi connectivity index (χ3n) is 4.58. The average molecular weight is 371 g/mol. The van der Waals surface area contributed by atoms with E-state index in [1.54, 1.807) is 7.11 Å². The van der Waals surface area contributed by atoms with Crippen LogP contribution in [0.15, 0.2) is 73.1 Å². The van der Waals surface area contributed by atoms with Gasteiger partial charge in [-0.25, -0.2) is 4.98 Å². The van der Waals surface area contributed by atoms with E-state index >= 15 is 0 Å². The lowest BCUT2D eigenvalue weighted by Crippen LogP contribution is -2.15. The number of methoxy groups -OCH3 is 1. The smallest absolute Gasteiger partial charge is 0.228 e.